The zero-order valence-electron chi connectivity index (χ0n) is 9.85. The fourth-order valence-corrected chi connectivity index (χ4v) is 1.94. The number of hydrogen-bond donors (Lipinski definition) is 1. The molecule has 15 heavy (non-hydrogen) atoms. The third-order valence-corrected chi connectivity index (χ3v) is 3.07. The van der Waals surface area contributed by atoms with Gasteiger partial charge in [0.15, 0.2) is 5.67 Å². The molecule has 0 aliphatic carbocycles. The molecule has 0 radical (unpaired) electrons. The summed E-state index contributed by atoms with van der Waals surface area (Å²) in [4.78, 5) is 13.7. The minimum atomic E-state index is -1.64. The standard InChI is InChI=1S/C11H21FN2O/c1-4-13-10(15)11(12)5-7-14(8-6-11)9(2)3/h9H,4-8H2,1-3H3,(H,13,15). The smallest absolute Gasteiger partial charge is 0.257 e. The molecule has 0 saturated carbocycles. The third kappa shape index (κ3) is 2.91. The Morgan fingerprint density at radius 3 is 2.40 bits per heavy atom. The minimum absolute atomic E-state index is 0.316. The molecule has 0 aromatic carbocycles. The molecule has 0 atom stereocenters. The van der Waals surface area contributed by atoms with E-state index in [2.05, 4.69) is 24.1 Å². The molecule has 1 rings (SSSR count). The second-order valence-electron chi connectivity index (χ2n) is 4.45. The van der Waals surface area contributed by atoms with Crippen molar-refractivity contribution in [3.63, 3.8) is 0 Å². The molecular weight excluding hydrogens is 195 g/mol. The van der Waals surface area contributed by atoms with Gasteiger partial charge in [-0.15, -0.1) is 0 Å². The highest BCUT2D eigenvalue weighted by molar-refractivity contribution is 5.85. The van der Waals surface area contributed by atoms with Gasteiger partial charge in [0, 0.05) is 38.5 Å². The lowest BCUT2D eigenvalue weighted by atomic mass is 9.91. The Bertz CT molecular complexity index is 223. The number of carbonyl (C=O) groups excluding carboxylic acids is 1. The van der Waals surface area contributed by atoms with Crippen molar-refractivity contribution < 1.29 is 9.18 Å². The average molecular weight is 216 g/mol. The maximum Gasteiger partial charge on any atom is 0.257 e. The zero-order chi connectivity index (χ0) is 11.5. The van der Waals surface area contributed by atoms with Crippen LogP contribution in [0.25, 0.3) is 0 Å². The molecule has 1 aliphatic heterocycles. The molecule has 0 aromatic heterocycles. The number of halogens is 1. The summed E-state index contributed by atoms with van der Waals surface area (Å²) < 4.78 is 14.2. The summed E-state index contributed by atoms with van der Waals surface area (Å²) in [5, 5.41) is 2.57. The van der Waals surface area contributed by atoms with Crippen LogP contribution in [-0.2, 0) is 4.79 Å². The van der Waals surface area contributed by atoms with E-state index in [0.717, 1.165) is 0 Å². The topological polar surface area (TPSA) is 32.3 Å². The van der Waals surface area contributed by atoms with Crippen molar-refractivity contribution in [2.24, 2.45) is 0 Å². The van der Waals surface area contributed by atoms with E-state index >= 15 is 0 Å². The Morgan fingerprint density at radius 2 is 2.00 bits per heavy atom. The lowest BCUT2D eigenvalue weighted by molar-refractivity contribution is -0.136. The van der Waals surface area contributed by atoms with Crippen LogP contribution in [0.5, 0.6) is 0 Å². The van der Waals surface area contributed by atoms with E-state index in [-0.39, 0.29) is 0 Å². The van der Waals surface area contributed by atoms with Crippen LogP contribution in [0.3, 0.4) is 0 Å². The first-order valence-electron chi connectivity index (χ1n) is 5.71. The number of nitrogens with one attached hydrogen (secondary N) is 1. The third-order valence-electron chi connectivity index (χ3n) is 3.07. The van der Waals surface area contributed by atoms with Crippen LogP contribution in [-0.4, -0.2) is 42.2 Å². The number of piperidine rings is 1. The maximum atomic E-state index is 14.2. The van der Waals surface area contributed by atoms with Crippen LogP contribution in [0.2, 0.25) is 0 Å². The summed E-state index contributed by atoms with van der Waals surface area (Å²) in [6.07, 6.45) is 0.633. The molecule has 1 amide bonds. The molecule has 1 N–H and O–H groups in total. The number of rotatable bonds is 3. The number of nitrogens with zero attached hydrogens (tertiary/aromatic N) is 1. The maximum absolute atomic E-state index is 14.2. The van der Waals surface area contributed by atoms with Gasteiger partial charge >= 0.3 is 0 Å². The van der Waals surface area contributed by atoms with Crippen LogP contribution in [0, 0.1) is 0 Å². The molecule has 4 heteroatoms. The molecule has 0 spiro atoms. The molecule has 1 saturated heterocycles. The van der Waals surface area contributed by atoms with E-state index in [1.807, 2.05) is 6.92 Å². The Hall–Kier alpha value is -0.640. The van der Waals surface area contributed by atoms with Gasteiger partial charge < -0.3 is 10.2 Å². The highest BCUT2D eigenvalue weighted by Gasteiger charge is 2.41. The van der Waals surface area contributed by atoms with Crippen LogP contribution in [0.4, 0.5) is 4.39 Å². The Labute approximate surface area is 91.0 Å². The Balaban J connectivity index is 2.50. The SMILES string of the molecule is CCNC(=O)C1(F)CCN(C(C)C)CC1. The van der Waals surface area contributed by atoms with E-state index < -0.39 is 11.6 Å². The number of likely N-dealkylation sites (tertiary alicyclic amines) is 1. The van der Waals surface area contributed by atoms with Gasteiger partial charge in [0.2, 0.25) is 0 Å². The van der Waals surface area contributed by atoms with Crippen molar-refractivity contribution in [2.45, 2.75) is 45.3 Å². The van der Waals surface area contributed by atoms with Crippen molar-refractivity contribution in [1.82, 2.24) is 10.2 Å². The van der Waals surface area contributed by atoms with E-state index in [1.165, 1.54) is 0 Å². The quantitative estimate of drug-likeness (QED) is 0.772. The fraction of sp³-hybridized carbons (Fsp3) is 0.909. The minimum Gasteiger partial charge on any atom is -0.354 e. The molecule has 88 valence electrons. The van der Waals surface area contributed by atoms with E-state index in [4.69, 9.17) is 0 Å². The second-order valence-corrected chi connectivity index (χ2v) is 4.45. The molecular formula is C11H21FN2O. The van der Waals surface area contributed by atoms with Gasteiger partial charge in [0.25, 0.3) is 5.91 Å². The number of alkyl halides is 1. The van der Waals surface area contributed by atoms with Gasteiger partial charge in [-0.3, -0.25) is 4.79 Å². The highest BCUT2D eigenvalue weighted by Crippen LogP contribution is 2.27. The van der Waals surface area contributed by atoms with Crippen molar-refractivity contribution in [3.05, 3.63) is 0 Å². The van der Waals surface area contributed by atoms with Gasteiger partial charge in [-0.2, -0.15) is 0 Å². The molecule has 1 aliphatic rings. The van der Waals surface area contributed by atoms with E-state index in [9.17, 15) is 9.18 Å². The van der Waals surface area contributed by atoms with Crippen molar-refractivity contribution in [3.8, 4) is 0 Å². The van der Waals surface area contributed by atoms with Gasteiger partial charge in [-0.1, -0.05) is 0 Å². The molecule has 0 bridgehead atoms. The summed E-state index contributed by atoms with van der Waals surface area (Å²) in [6, 6.07) is 0.434. The summed E-state index contributed by atoms with van der Waals surface area (Å²) in [7, 11) is 0. The molecule has 1 heterocycles. The van der Waals surface area contributed by atoms with Crippen molar-refractivity contribution in [2.75, 3.05) is 19.6 Å². The van der Waals surface area contributed by atoms with Crippen molar-refractivity contribution in [1.29, 1.82) is 0 Å². The second kappa shape index (κ2) is 4.92. The summed E-state index contributed by atoms with van der Waals surface area (Å²) >= 11 is 0. The predicted octanol–water partition coefficient (Wildman–Crippen LogP) is 1.33. The Kier molecular flexibility index (Phi) is 4.08. The van der Waals surface area contributed by atoms with Crippen LogP contribution < -0.4 is 5.32 Å². The molecule has 0 unspecified atom stereocenters. The predicted molar refractivity (Wildman–Crippen MR) is 58.5 cm³/mol. The lowest BCUT2D eigenvalue weighted by Crippen LogP contribution is -2.52. The van der Waals surface area contributed by atoms with E-state index in [0.29, 0.717) is 38.5 Å². The number of hydrogen-bond acceptors (Lipinski definition) is 2. The van der Waals surface area contributed by atoms with Gasteiger partial charge in [0.1, 0.15) is 0 Å². The van der Waals surface area contributed by atoms with Gasteiger partial charge in [0.05, 0.1) is 0 Å². The normalized spacial score (nSPS) is 21.7. The number of carbonyl (C=O) groups is 1. The summed E-state index contributed by atoms with van der Waals surface area (Å²) in [5.74, 6) is -0.437. The fourth-order valence-electron chi connectivity index (χ4n) is 1.94. The first-order chi connectivity index (χ1) is 6.99. The molecule has 1 fully saturated rings. The van der Waals surface area contributed by atoms with Gasteiger partial charge in [-0.05, 0) is 20.8 Å². The molecule has 0 aromatic rings. The Morgan fingerprint density at radius 1 is 1.47 bits per heavy atom. The zero-order valence-corrected chi connectivity index (χ0v) is 9.85. The monoisotopic (exact) mass is 216 g/mol. The largest absolute Gasteiger partial charge is 0.354 e. The summed E-state index contributed by atoms with van der Waals surface area (Å²) in [6.45, 7) is 7.84. The number of amides is 1. The van der Waals surface area contributed by atoms with Crippen LogP contribution >= 0.6 is 0 Å². The first kappa shape index (κ1) is 12.4. The van der Waals surface area contributed by atoms with Crippen molar-refractivity contribution >= 4 is 5.91 Å². The summed E-state index contributed by atoms with van der Waals surface area (Å²) in [5.41, 5.74) is -1.64. The van der Waals surface area contributed by atoms with Crippen LogP contribution in [0.1, 0.15) is 33.6 Å². The lowest BCUT2D eigenvalue weighted by Gasteiger charge is -2.37. The molecule has 3 nitrogen and oxygen atoms in total. The van der Waals surface area contributed by atoms with Gasteiger partial charge in [-0.25, -0.2) is 4.39 Å². The average Bonchev–Trinajstić information content (AvgIpc) is 2.18. The van der Waals surface area contributed by atoms with E-state index in [1.54, 1.807) is 0 Å². The highest BCUT2D eigenvalue weighted by atomic mass is 19.1. The van der Waals surface area contributed by atoms with Crippen LogP contribution in [0.15, 0.2) is 0 Å². The first-order valence-corrected chi connectivity index (χ1v) is 5.71.